The second kappa shape index (κ2) is 7.47. The van der Waals surface area contributed by atoms with Gasteiger partial charge in [-0.1, -0.05) is 0 Å². The molecular weight excluding hydrogens is 391 g/mol. The van der Waals surface area contributed by atoms with Crippen molar-refractivity contribution in [3.05, 3.63) is 0 Å². The van der Waals surface area contributed by atoms with E-state index in [0.717, 1.165) is 0 Å². The first kappa shape index (κ1) is 22.3. The summed E-state index contributed by atoms with van der Waals surface area (Å²) in [6, 6.07) is 0. The minimum Gasteiger partial charge on any atom is -0.324 e. The Hall–Kier alpha value is 0.320. The average molecular weight is 407 g/mol. The second-order valence-corrected chi connectivity index (χ2v) is 11.6. The van der Waals surface area contributed by atoms with E-state index < -0.39 is 62.8 Å². The maximum Gasteiger partial charge on any atom is 0.342 e. The van der Waals surface area contributed by atoms with Gasteiger partial charge in [0.1, 0.15) is 5.78 Å². The lowest BCUT2D eigenvalue weighted by Crippen LogP contribution is -2.35. The molecule has 134 valence electrons. The lowest BCUT2D eigenvalue weighted by molar-refractivity contribution is 0.320. The molecule has 0 aliphatic rings. The summed E-state index contributed by atoms with van der Waals surface area (Å²) in [5.41, 5.74) is 0. The number of hydrogen-bond acceptors (Lipinski definition) is 6. The Morgan fingerprint density at radius 3 is 1.55 bits per heavy atom. The van der Waals surface area contributed by atoms with Crippen molar-refractivity contribution in [3.63, 3.8) is 0 Å². The van der Waals surface area contributed by atoms with Crippen LogP contribution in [0.5, 0.6) is 0 Å². The van der Waals surface area contributed by atoms with Gasteiger partial charge < -0.3 is 34.7 Å². The average Bonchev–Trinajstić information content (AvgIpc) is 2.15. The van der Waals surface area contributed by atoms with Gasteiger partial charge in [0, 0.05) is 6.54 Å². The predicted octanol–water partition coefficient (Wildman–Crippen LogP) is -1.96. The lowest BCUT2D eigenvalue weighted by atomic mass is 10.4. The molecule has 0 saturated carbocycles. The van der Waals surface area contributed by atoms with Gasteiger partial charge in [-0.3, -0.25) is 18.2 Å². The molecule has 0 aliphatic heterocycles. The molecule has 0 rings (SSSR count). The van der Waals surface area contributed by atoms with E-state index in [4.69, 9.17) is 33.9 Å². The largest absolute Gasteiger partial charge is 0.342 e. The summed E-state index contributed by atoms with van der Waals surface area (Å²) in [5, 5.41) is -0.769. The molecule has 1 unspecified atom stereocenters. The number of nitrogens with one attached hydrogen (secondary N) is 1. The standard InChI is InChI=1S/C5H16NO12P3S/c7-19(8,9)4(6-1-2-22(16,17)18)3-5(20(10,11)12)21(13,14)15/h4-6H,1-3H2,(H2,7,8,9)(H2,10,11,12)(H2,13,14,15)(H,16,17,18). The quantitative estimate of drug-likeness (QED) is 0.153. The highest BCUT2D eigenvalue weighted by atomic mass is 32.2. The fourth-order valence-corrected chi connectivity index (χ4v) is 5.46. The molecule has 0 radical (unpaired) electrons. The van der Waals surface area contributed by atoms with Crippen molar-refractivity contribution in [2.75, 3.05) is 12.3 Å². The molecule has 0 aliphatic carbocycles. The molecule has 0 amide bonds. The van der Waals surface area contributed by atoms with E-state index in [0.29, 0.717) is 0 Å². The minimum atomic E-state index is -5.40. The molecular formula is C5H16NO12P3S. The first-order valence-electron chi connectivity index (χ1n) is 5.29. The van der Waals surface area contributed by atoms with Crippen LogP contribution < -0.4 is 5.32 Å². The Labute approximate surface area is 125 Å². The first-order valence-corrected chi connectivity index (χ1v) is 11.9. The van der Waals surface area contributed by atoms with Gasteiger partial charge in [0.25, 0.3) is 10.1 Å². The van der Waals surface area contributed by atoms with Crippen LogP contribution >= 0.6 is 22.8 Å². The zero-order valence-corrected chi connectivity index (χ0v) is 14.2. The topological polar surface area (TPSA) is 239 Å². The van der Waals surface area contributed by atoms with E-state index in [2.05, 4.69) is 0 Å². The highest BCUT2D eigenvalue weighted by molar-refractivity contribution is 7.85. The van der Waals surface area contributed by atoms with E-state index in [9.17, 15) is 22.1 Å². The predicted molar refractivity (Wildman–Crippen MR) is 72.7 cm³/mol. The first-order chi connectivity index (χ1) is 9.44. The summed E-state index contributed by atoms with van der Waals surface area (Å²) in [5.74, 6) is -3.10. The second-order valence-electron chi connectivity index (χ2n) is 4.24. The van der Waals surface area contributed by atoms with Gasteiger partial charge in [-0.25, -0.2) is 0 Å². The zero-order valence-electron chi connectivity index (χ0n) is 10.7. The van der Waals surface area contributed by atoms with Crippen molar-refractivity contribution >= 4 is 32.9 Å². The fraction of sp³-hybridized carbons (Fsp3) is 1.00. The zero-order chi connectivity index (χ0) is 18.0. The van der Waals surface area contributed by atoms with Crippen LogP contribution in [0.4, 0.5) is 0 Å². The molecule has 13 nitrogen and oxygen atoms in total. The Kier molecular flexibility index (Phi) is 7.58. The normalized spacial score (nSPS) is 16.0. The summed E-state index contributed by atoms with van der Waals surface area (Å²) >= 11 is 0. The molecule has 17 heteroatoms. The van der Waals surface area contributed by atoms with Gasteiger partial charge >= 0.3 is 22.8 Å². The Balaban J connectivity index is 5.26. The molecule has 0 aromatic rings. The number of rotatable bonds is 9. The summed E-state index contributed by atoms with van der Waals surface area (Å²) in [7, 11) is -20.4. The van der Waals surface area contributed by atoms with Gasteiger partial charge in [0.05, 0.1) is 5.75 Å². The third-order valence-corrected chi connectivity index (χ3v) is 8.06. The van der Waals surface area contributed by atoms with Crippen LogP contribution in [0.3, 0.4) is 0 Å². The van der Waals surface area contributed by atoms with Crippen LogP contribution in [0.2, 0.25) is 0 Å². The van der Waals surface area contributed by atoms with Crippen LogP contribution in [-0.4, -0.2) is 65.8 Å². The van der Waals surface area contributed by atoms with Crippen molar-refractivity contribution in [2.45, 2.75) is 17.6 Å². The Morgan fingerprint density at radius 2 is 1.27 bits per heavy atom. The van der Waals surface area contributed by atoms with E-state index in [1.165, 1.54) is 0 Å². The van der Waals surface area contributed by atoms with Gasteiger partial charge in [-0.2, -0.15) is 8.42 Å². The van der Waals surface area contributed by atoms with Gasteiger partial charge in [-0.15, -0.1) is 0 Å². The molecule has 0 spiro atoms. The van der Waals surface area contributed by atoms with Crippen LogP contribution in [0, 0.1) is 0 Å². The van der Waals surface area contributed by atoms with Crippen LogP contribution in [0.15, 0.2) is 0 Å². The van der Waals surface area contributed by atoms with Crippen molar-refractivity contribution in [3.8, 4) is 0 Å². The van der Waals surface area contributed by atoms with Crippen LogP contribution in [0.25, 0.3) is 0 Å². The molecule has 0 fully saturated rings. The maximum atomic E-state index is 11.2. The summed E-state index contributed by atoms with van der Waals surface area (Å²) in [6.07, 6.45) is -1.32. The molecule has 0 aromatic carbocycles. The molecule has 0 aromatic heterocycles. The van der Waals surface area contributed by atoms with E-state index in [1.807, 2.05) is 5.32 Å². The summed E-state index contributed by atoms with van der Waals surface area (Å²) in [4.78, 5) is 53.6. The van der Waals surface area contributed by atoms with Gasteiger partial charge in [0.2, 0.25) is 0 Å². The maximum absolute atomic E-state index is 11.2. The molecule has 0 bridgehead atoms. The molecule has 1 atom stereocenters. The van der Waals surface area contributed by atoms with E-state index >= 15 is 0 Å². The molecule has 0 saturated heterocycles. The fourth-order valence-electron chi connectivity index (χ4n) is 1.36. The van der Waals surface area contributed by atoms with Gasteiger partial charge in [0.15, 0.2) is 5.40 Å². The Morgan fingerprint density at radius 1 is 0.864 bits per heavy atom. The van der Waals surface area contributed by atoms with Crippen molar-refractivity contribution in [1.82, 2.24) is 5.32 Å². The smallest absolute Gasteiger partial charge is 0.324 e. The van der Waals surface area contributed by atoms with Crippen molar-refractivity contribution < 1.29 is 56.0 Å². The van der Waals surface area contributed by atoms with Crippen molar-refractivity contribution in [1.29, 1.82) is 0 Å². The minimum absolute atomic E-state index is 0.719. The van der Waals surface area contributed by atoms with Crippen LogP contribution in [0.1, 0.15) is 6.42 Å². The Bertz CT molecular complexity index is 591. The molecule has 0 heterocycles. The third-order valence-electron chi connectivity index (χ3n) is 2.36. The monoisotopic (exact) mass is 407 g/mol. The highest BCUT2D eigenvalue weighted by Gasteiger charge is 2.47. The lowest BCUT2D eigenvalue weighted by Gasteiger charge is -2.26. The highest BCUT2D eigenvalue weighted by Crippen LogP contribution is 2.63. The van der Waals surface area contributed by atoms with Crippen LogP contribution in [-0.2, 0) is 23.8 Å². The van der Waals surface area contributed by atoms with Crippen molar-refractivity contribution in [2.24, 2.45) is 0 Å². The summed E-state index contributed by atoms with van der Waals surface area (Å²) < 4.78 is 62.7. The third kappa shape index (κ3) is 8.82. The molecule has 8 N–H and O–H groups in total. The number of hydrogen-bond donors (Lipinski definition) is 8. The molecule has 22 heavy (non-hydrogen) atoms. The summed E-state index contributed by atoms with van der Waals surface area (Å²) in [6.45, 7) is -0.719. The van der Waals surface area contributed by atoms with Gasteiger partial charge in [-0.05, 0) is 6.42 Å². The van der Waals surface area contributed by atoms with E-state index in [-0.39, 0.29) is 0 Å². The van der Waals surface area contributed by atoms with E-state index in [1.54, 1.807) is 0 Å². The SMILES string of the molecule is O=P(O)(O)C(CC(P(=O)(O)O)P(=O)(O)O)NCCS(=O)(=O)O.